The largest absolute Gasteiger partial charge is 0.436 e. The first kappa shape index (κ1) is 30.5. The molecule has 1 aliphatic heterocycles. The maximum Gasteiger partial charge on any atom is 0.436 e. The summed E-state index contributed by atoms with van der Waals surface area (Å²) in [5.41, 5.74) is 1.74. The summed E-state index contributed by atoms with van der Waals surface area (Å²) in [6.45, 7) is 1.84. The zero-order valence-corrected chi connectivity index (χ0v) is 25.1. The highest BCUT2D eigenvalue weighted by Crippen LogP contribution is 2.35. The summed E-state index contributed by atoms with van der Waals surface area (Å²) in [5.74, 6) is -0.479. The van der Waals surface area contributed by atoms with Crippen LogP contribution in [0.3, 0.4) is 0 Å². The van der Waals surface area contributed by atoms with Crippen LogP contribution in [0.15, 0.2) is 78.1 Å². The molecule has 1 N–H and O–H groups in total. The van der Waals surface area contributed by atoms with Crippen molar-refractivity contribution in [2.24, 2.45) is 5.92 Å². The lowest BCUT2D eigenvalue weighted by Crippen LogP contribution is -2.26. The van der Waals surface area contributed by atoms with Crippen LogP contribution in [-0.2, 0) is 11.0 Å². The average molecular weight is 654 g/mol. The van der Waals surface area contributed by atoms with Crippen LogP contribution in [0.25, 0.3) is 28.2 Å². The molecule has 0 aliphatic carbocycles. The number of pyridine rings is 1. The number of hydrogen-bond donors (Lipinski definition) is 1. The number of carbonyl (C=O) groups excluding carboxylic acids is 1. The fraction of sp³-hybridized carbons (Fsp3) is 0.226. The lowest BCUT2D eigenvalue weighted by molar-refractivity contribution is -0.141. The van der Waals surface area contributed by atoms with E-state index in [-0.39, 0.29) is 28.8 Å². The molecule has 1 amide bonds. The average Bonchev–Trinajstić information content (AvgIpc) is 3.50. The van der Waals surface area contributed by atoms with Gasteiger partial charge in [-0.05, 0) is 48.7 Å². The lowest BCUT2D eigenvalue weighted by Gasteiger charge is -2.23. The maximum absolute atomic E-state index is 13.7. The SMILES string of the molecule is CC1CCCC(n2cnc(-c3cc(Cl)ccc3-n3cc(C(F)(F)F)nn3)cc2=O)c2cccc(c2)-c2ncc(Cl)cc2NC1=O. The molecule has 9 nitrogen and oxygen atoms in total. The topological polar surface area (TPSA) is 108 Å². The van der Waals surface area contributed by atoms with Crippen molar-refractivity contribution in [1.29, 1.82) is 0 Å². The number of alkyl halides is 3. The first-order chi connectivity index (χ1) is 21.5. The number of rotatable bonds is 3. The first-order valence-electron chi connectivity index (χ1n) is 13.9. The minimum atomic E-state index is -4.68. The van der Waals surface area contributed by atoms with Crippen LogP contribution in [-0.4, -0.2) is 35.4 Å². The van der Waals surface area contributed by atoms with Crippen molar-refractivity contribution >= 4 is 34.8 Å². The quantitative estimate of drug-likeness (QED) is 0.220. The second-order valence-corrected chi connectivity index (χ2v) is 11.6. The molecule has 6 rings (SSSR count). The Morgan fingerprint density at radius 1 is 0.978 bits per heavy atom. The van der Waals surface area contributed by atoms with E-state index in [1.165, 1.54) is 41.4 Å². The molecule has 0 spiro atoms. The predicted molar refractivity (Wildman–Crippen MR) is 163 cm³/mol. The molecule has 0 saturated heterocycles. The van der Waals surface area contributed by atoms with Gasteiger partial charge in [-0.25, -0.2) is 9.67 Å². The first-order valence-corrected chi connectivity index (χ1v) is 14.7. The molecule has 0 fully saturated rings. The standard InChI is InChI=1S/C31H24Cl2F3N7O2/c1-17-4-2-7-25(18-5-3-6-19(10-18)29-24(39-30(17)45)12-21(33)14-37-29)42-16-38-23(13-28(42)44)22-11-20(32)8-9-26(22)43-15-27(40-41-43)31(34,35)36/h3,5-6,8-17,25H,2,4,7H2,1H3,(H,39,45). The normalized spacial score (nSPS) is 17.2. The Morgan fingerprint density at radius 3 is 2.56 bits per heavy atom. The van der Waals surface area contributed by atoms with Gasteiger partial charge >= 0.3 is 6.18 Å². The number of halogens is 5. The Kier molecular flexibility index (Phi) is 8.19. The lowest BCUT2D eigenvalue weighted by atomic mass is 9.94. The highest BCUT2D eigenvalue weighted by molar-refractivity contribution is 6.31. The van der Waals surface area contributed by atoms with Crippen LogP contribution in [0.5, 0.6) is 0 Å². The van der Waals surface area contributed by atoms with Gasteiger partial charge in [0.2, 0.25) is 5.91 Å². The van der Waals surface area contributed by atoms with Crippen molar-refractivity contribution in [3.63, 3.8) is 0 Å². The Hall–Kier alpha value is -4.55. The van der Waals surface area contributed by atoms with Gasteiger partial charge in [-0.15, -0.1) is 5.10 Å². The third kappa shape index (κ3) is 6.34. The molecule has 4 heterocycles. The third-order valence-corrected chi connectivity index (χ3v) is 8.10. The monoisotopic (exact) mass is 653 g/mol. The van der Waals surface area contributed by atoms with Crippen LogP contribution in [0, 0.1) is 5.92 Å². The summed E-state index contributed by atoms with van der Waals surface area (Å²) < 4.78 is 42.1. The highest BCUT2D eigenvalue weighted by Gasteiger charge is 2.35. The molecule has 45 heavy (non-hydrogen) atoms. The number of fused-ring (bicyclic) bond motifs is 4. The molecule has 0 radical (unpaired) electrons. The number of anilines is 1. The van der Waals surface area contributed by atoms with Crippen molar-refractivity contribution < 1.29 is 18.0 Å². The number of benzene rings is 2. The summed E-state index contributed by atoms with van der Waals surface area (Å²) in [7, 11) is 0. The van der Waals surface area contributed by atoms with Gasteiger partial charge in [-0.2, -0.15) is 13.2 Å². The molecule has 2 unspecified atom stereocenters. The fourth-order valence-electron chi connectivity index (χ4n) is 5.34. The van der Waals surface area contributed by atoms with E-state index < -0.39 is 17.9 Å². The maximum atomic E-state index is 13.7. The van der Waals surface area contributed by atoms with Gasteiger partial charge in [0, 0.05) is 34.3 Å². The van der Waals surface area contributed by atoms with E-state index >= 15 is 0 Å². The van der Waals surface area contributed by atoms with Gasteiger partial charge in [0.15, 0.2) is 5.69 Å². The second kappa shape index (κ2) is 12.1. The van der Waals surface area contributed by atoms with Gasteiger partial charge in [-0.3, -0.25) is 19.1 Å². The van der Waals surface area contributed by atoms with E-state index in [0.29, 0.717) is 46.3 Å². The van der Waals surface area contributed by atoms with Crippen LogP contribution >= 0.6 is 23.2 Å². The van der Waals surface area contributed by atoms with E-state index in [1.807, 2.05) is 31.2 Å². The molecule has 2 atom stereocenters. The zero-order chi connectivity index (χ0) is 31.9. The van der Waals surface area contributed by atoms with E-state index in [0.717, 1.165) is 22.0 Å². The smallest absolute Gasteiger partial charge is 0.324 e. The Balaban J connectivity index is 1.42. The van der Waals surface area contributed by atoms with Gasteiger partial charge in [0.05, 0.1) is 46.4 Å². The van der Waals surface area contributed by atoms with Gasteiger partial charge in [-0.1, -0.05) is 60.0 Å². The Morgan fingerprint density at radius 2 is 1.80 bits per heavy atom. The number of nitrogens with zero attached hydrogens (tertiary/aromatic N) is 6. The number of aromatic nitrogens is 6. The van der Waals surface area contributed by atoms with Crippen molar-refractivity contribution in [2.45, 2.75) is 38.4 Å². The summed E-state index contributed by atoms with van der Waals surface area (Å²) in [5, 5.41) is 10.5. The van der Waals surface area contributed by atoms with Crippen LogP contribution in [0.1, 0.15) is 43.5 Å². The van der Waals surface area contributed by atoms with E-state index in [1.54, 1.807) is 6.07 Å². The molecular weight excluding hydrogens is 630 g/mol. The Labute approximate surface area is 264 Å². The number of nitrogens with one attached hydrogen (secondary N) is 1. The molecule has 1 aliphatic rings. The molecule has 14 heteroatoms. The molecule has 2 aromatic carbocycles. The predicted octanol–water partition coefficient (Wildman–Crippen LogP) is 7.23. The highest BCUT2D eigenvalue weighted by atomic mass is 35.5. The van der Waals surface area contributed by atoms with Crippen molar-refractivity contribution in [3.05, 3.63) is 105 Å². The molecule has 0 saturated carbocycles. The summed E-state index contributed by atoms with van der Waals surface area (Å²) in [6.07, 6.45) is 0.725. The van der Waals surface area contributed by atoms with Gasteiger partial charge < -0.3 is 5.32 Å². The minimum absolute atomic E-state index is 0.163. The van der Waals surface area contributed by atoms with Gasteiger partial charge in [0.25, 0.3) is 5.56 Å². The van der Waals surface area contributed by atoms with Gasteiger partial charge in [0.1, 0.15) is 0 Å². The number of hydrogen-bond acceptors (Lipinski definition) is 6. The van der Waals surface area contributed by atoms with Crippen LogP contribution < -0.4 is 10.9 Å². The second-order valence-electron chi connectivity index (χ2n) is 10.7. The fourth-order valence-corrected chi connectivity index (χ4v) is 5.67. The molecule has 230 valence electrons. The minimum Gasteiger partial charge on any atom is -0.324 e. The van der Waals surface area contributed by atoms with Crippen molar-refractivity contribution in [1.82, 2.24) is 29.5 Å². The molecule has 2 bridgehead atoms. The molecule has 3 aromatic heterocycles. The number of amides is 1. The van der Waals surface area contributed by atoms with E-state index in [2.05, 4.69) is 25.6 Å². The van der Waals surface area contributed by atoms with Crippen molar-refractivity contribution in [2.75, 3.05) is 5.32 Å². The van der Waals surface area contributed by atoms with E-state index in [4.69, 9.17) is 23.2 Å². The third-order valence-electron chi connectivity index (χ3n) is 7.66. The summed E-state index contributed by atoms with van der Waals surface area (Å²) in [4.78, 5) is 35.7. The zero-order valence-electron chi connectivity index (χ0n) is 23.6. The van der Waals surface area contributed by atoms with E-state index in [9.17, 15) is 22.8 Å². The summed E-state index contributed by atoms with van der Waals surface area (Å²) >= 11 is 12.4. The summed E-state index contributed by atoms with van der Waals surface area (Å²) in [6, 6.07) is 14.6. The van der Waals surface area contributed by atoms with Crippen LogP contribution in [0.2, 0.25) is 10.0 Å². The number of carbonyl (C=O) groups is 1. The van der Waals surface area contributed by atoms with Crippen LogP contribution in [0.4, 0.5) is 18.9 Å². The molecule has 5 aromatic rings. The Bertz CT molecular complexity index is 1980. The molecular formula is C31H24Cl2F3N7O2. The van der Waals surface area contributed by atoms with Crippen molar-refractivity contribution in [3.8, 4) is 28.2 Å².